The van der Waals surface area contributed by atoms with E-state index in [0.29, 0.717) is 23.7 Å². The maximum Gasteiger partial charge on any atom is 0.276 e. The summed E-state index contributed by atoms with van der Waals surface area (Å²) in [7, 11) is -2.33. The van der Waals surface area contributed by atoms with Crippen LogP contribution < -0.4 is 15.1 Å². The number of para-hydroxylation sites is 1. The molecule has 1 saturated heterocycles. The van der Waals surface area contributed by atoms with Crippen molar-refractivity contribution in [1.29, 1.82) is 0 Å². The first-order chi connectivity index (χ1) is 16.9. The van der Waals surface area contributed by atoms with Gasteiger partial charge in [-0.25, -0.2) is 13.9 Å². The predicted molar refractivity (Wildman–Crippen MR) is 132 cm³/mol. The number of nitrogens with zero attached hydrogens (tertiary/aromatic N) is 3. The van der Waals surface area contributed by atoms with Gasteiger partial charge in [0.05, 0.1) is 35.1 Å². The lowest BCUT2D eigenvalue weighted by Crippen LogP contribution is -2.31. The molecule has 3 aromatic rings. The largest absolute Gasteiger partial charge is 0.497 e. The summed E-state index contributed by atoms with van der Waals surface area (Å²) < 4.78 is 32.2. The number of carbonyl (C=O) groups is 1. The minimum Gasteiger partial charge on any atom is -0.497 e. The third-order valence-electron chi connectivity index (χ3n) is 6.00. The standard InChI is InChI=1S/C25H28N4O5S/c1-34-21-9-11-22(12-10-21)35(32,33)18-29(20-7-5-13-26-16-20)24-19(17-28-14-2-3-15-28)6-4-8-23(24)25(30)27-31/h4-13,16,31H,2-3,14-15,17-18H2,1H3,(H,27,30). The van der Waals surface area contributed by atoms with Gasteiger partial charge in [-0.05, 0) is 74.0 Å². The fraction of sp³-hybridized carbons (Fsp3) is 0.280. The van der Waals surface area contributed by atoms with Crippen LogP contribution in [0.15, 0.2) is 71.9 Å². The number of rotatable bonds is 9. The zero-order valence-corrected chi connectivity index (χ0v) is 20.2. The van der Waals surface area contributed by atoms with Crippen molar-refractivity contribution >= 4 is 27.1 Å². The van der Waals surface area contributed by atoms with Gasteiger partial charge in [0.15, 0.2) is 9.84 Å². The summed E-state index contributed by atoms with van der Waals surface area (Å²) in [5.74, 6) is -0.613. The molecule has 2 heterocycles. The van der Waals surface area contributed by atoms with Gasteiger partial charge in [0.2, 0.25) is 0 Å². The number of methoxy groups -OCH3 is 1. The first kappa shape index (κ1) is 24.6. The molecule has 0 radical (unpaired) electrons. The highest BCUT2D eigenvalue weighted by Gasteiger charge is 2.28. The molecule has 2 aromatic carbocycles. The zero-order valence-electron chi connectivity index (χ0n) is 19.4. The van der Waals surface area contributed by atoms with Crippen LogP contribution in [-0.2, 0) is 16.4 Å². The Morgan fingerprint density at radius 3 is 2.49 bits per heavy atom. The third kappa shape index (κ3) is 5.61. The highest BCUT2D eigenvalue weighted by atomic mass is 32.2. The van der Waals surface area contributed by atoms with Crippen molar-refractivity contribution in [2.24, 2.45) is 0 Å². The van der Waals surface area contributed by atoms with Crippen LogP contribution in [-0.4, -0.2) is 55.5 Å². The highest BCUT2D eigenvalue weighted by Crippen LogP contribution is 2.35. The Morgan fingerprint density at radius 2 is 1.86 bits per heavy atom. The molecule has 0 atom stereocenters. The van der Waals surface area contributed by atoms with Crippen molar-refractivity contribution in [2.75, 3.05) is 31.0 Å². The second-order valence-corrected chi connectivity index (χ2v) is 10.3. The van der Waals surface area contributed by atoms with Crippen molar-refractivity contribution in [3.8, 4) is 5.75 Å². The van der Waals surface area contributed by atoms with E-state index in [-0.39, 0.29) is 10.5 Å². The van der Waals surface area contributed by atoms with Crippen molar-refractivity contribution in [1.82, 2.24) is 15.4 Å². The number of anilines is 2. The number of likely N-dealkylation sites (tertiary alicyclic amines) is 1. The van der Waals surface area contributed by atoms with E-state index in [2.05, 4.69) is 9.88 Å². The Labute approximate surface area is 204 Å². The Bertz CT molecular complexity index is 1260. The van der Waals surface area contributed by atoms with E-state index in [1.165, 1.54) is 19.2 Å². The van der Waals surface area contributed by atoms with E-state index < -0.39 is 21.6 Å². The SMILES string of the molecule is COc1ccc(S(=O)(=O)CN(c2cccnc2)c2c(CN3CCCC3)cccc2C(=O)NO)cc1. The molecule has 0 unspecified atom stereocenters. The molecule has 0 aliphatic carbocycles. The second kappa shape index (κ2) is 10.9. The lowest BCUT2D eigenvalue weighted by Gasteiger charge is -2.30. The minimum absolute atomic E-state index is 0.123. The van der Waals surface area contributed by atoms with Crippen LogP contribution >= 0.6 is 0 Å². The normalized spacial score (nSPS) is 14.0. The lowest BCUT2D eigenvalue weighted by atomic mass is 10.0. The first-order valence-corrected chi connectivity index (χ1v) is 12.9. The van der Waals surface area contributed by atoms with Crippen LogP contribution in [0.1, 0.15) is 28.8 Å². The van der Waals surface area contributed by atoms with Crippen LogP contribution in [0.2, 0.25) is 0 Å². The molecule has 184 valence electrons. The van der Waals surface area contributed by atoms with Gasteiger partial charge in [-0.1, -0.05) is 12.1 Å². The molecule has 2 N–H and O–H groups in total. The molecule has 9 nitrogen and oxygen atoms in total. The maximum atomic E-state index is 13.5. The molecule has 10 heteroatoms. The van der Waals surface area contributed by atoms with Gasteiger partial charge >= 0.3 is 0 Å². The highest BCUT2D eigenvalue weighted by molar-refractivity contribution is 7.91. The number of hydrogen-bond acceptors (Lipinski definition) is 8. The molecule has 0 spiro atoms. The molecule has 1 aliphatic heterocycles. The Hall–Kier alpha value is -3.47. The van der Waals surface area contributed by atoms with Gasteiger partial charge in [0.25, 0.3) is 5.91 Å². The Balaban J connectivity index is 1.84. The van der Waals surface area contributed by atoms with Gasteiger partial charge in [-0.2, -0.15) is 0 Å². The molecule has 1 amide bonds. The summed E-state index contributed by atoms with van der Waals surface area (Å²) >= 11 is 0. The zero-order chi connectivity index (χ0) is 24.8. The Morgan fingerprint density at radius 1 is 1.11 bits per heavy atom. The average molecular weight is 497 g/mol. The van der Waals surface area contributed by atoms with Crippen LogP contribution in [0.25, 0.3) is 0 Å². The Kier molecular flexibility index (Phi) is 7.64. The van der Waals surface area contributed by atoms with E-state index in [0.717, 1.165) is 31.5 Å². The third-order valence-corrected chi connectivity index (χ3v) is 7.59. The monoisotopic (exact) mass is 496 g/mol. The summed E-state index contributed by atoms with van der Waals surface area (Å²) in [5, 5.41) is 9.43. The van der Waals surface area contributed by atoms with Crippen molar-refractivity contribution in [2.45, 2.75) is 24.3 Å². The molecular formula is C25H28N4O5S. The summed E-state index contributed by atoms with van der Waals surface area (Å²) in [6.45, 7) is 2.39. The number of pyridine rings is 1. The first-order valence-electron chi connectivity index (χ1n) is 11.3. The van der Waals surface area contributed by atoms with E-state index in [4.69, 9.17) is 4.74 Å². The predicted octanol–water partition coefficient (Wildman–Crippen LogP) is 3.37. The molecule has 0 bridgehead atoms. The smallest absolute Gasteiger partial charge is 0.276 e. The van der Waals surface area contributed by atoms with E-state index in [1.807, 2.05) is 6.07 Å². The van der Waals surface area contributed by atoms with Gasteiger partial charge < -0.3 is 9.64 Å². The second-order valence-electron chi connectivity index (χ2n) is 8.30. The van der Waals surface area contributed by atoms with Crippen molar-refractivity contribution < 1.29 is 23.2 Å². The molecule has 0 saturated carbocycles. The number of nitrogens with one attached hydrogen (secondary N) is 1. The molecule has 4 rings (SSSR count). The van der Waals surface area contributed by atoms with E-state index >= 15 is 0 Å². The minimum atomic E-state index is -3.84. The number of aromatic nitrogens is 1. The van der Waals surface area contributed by atoms with Crippen LogP contribution in [0.5, 0.6) is 5.75 Å². The van der Waals surface area contributed by atoms with Gasteiger partial charge in [0.1, 0.15) is 11.6 Å². The number of ether oxygens (including phenoxy) is 1. The van der Waals surface area contributed by atoms with Gasteiger partial charge in [0, 0.05) is 12.7 Å². The molecular weight excluding hydrogens is 468 g/mol. The molecule has 1 fully saturated rings. The fourth-order valence-corrected chi connectivity index (χ4v) is 5.59. The summed E-state index contributed by atoms with van der Waals surface area (Å²) in [6.07, 6.45) is 5.32. The van der Waals surface area contributed by atoms with E-state index in [9.17, 15) is 18.4 Å². The average Bonchev–Trinajstić information content (AvgIpc) is 3.40. The van der Waals surface area contributed by atoms with Crippen molar-refractivity contribution in [3.63, 3.8) is 0 Å². The van der Waals surface area contributed by atoms with Crippen LogP contribution in [0.3, 0.4) is 0 Å². The van der Waals surface area contributed by atoms with Gasteiger partial charge in [-0.3, -0.25) is 19.9 Å². The molecule has 1 aliphatic rings. The number of sulfone groups is 1. The maximum absolute atomic E-state index is 13.5. The number of amides is 1. The number of carbonyl (C=O) groups excluding carboxylic acids is 1. The quantitative estimate of drug-likeness (QED) is 0.343. The fourth-order valence-electron chi connectivity index (χ4n) is 4.27. The van der Waals surface area contributed by atoms with Gasteiger partial charge in [-0.15, -0.1) is 0 Å². The molecule has 1 aromatic heterocycles. The number of hydrogen-bond donors (Lipinski definition) is 2. The van der Waals surface area contributed by atoms with E-state index in [1.54, 1.807) is 59.2 Å². The summed E-state index contributed by atoms with van der Waals surface area (Å²) in [4.78, 5) is 20.8. The molecule has 35 heavy (non-hydrogen) atoms. The summed E-state index contributed by atoms with van der Waals surface area (Å²) in [6, 6.07) is 14.8. The summed E-state index contributed by atoms with van der Waals surface area (Å²) in [5.41, 5.74) is 3.56. The number of hydroxylamine groups is 1. The number of benzene rings is 2. The lowest BCUT2D eigenvalue weighted by molar-refractivity contribution is 0.0707. The van der Waals surface area contributed by atoms with Crippen LogP contribution in [0.4, 0.5) is 11.4 Å². The van der Waals surface area contributed by atoms with Crippen molar-refractivity contribution in [3.05, 3.63) is 78.1 Å². The van der Waals surface area contributed by atoms with Crippen LogP contribution in [0, 0.1) is 0 Å². The topological polar surface area (TPSA) is 112 Å².